The number of Topliss-reactive ketones (excluding diaryl/α,β-unsaturated/α-hetero) is 1. The number of aliphatic hydroxyl groups excluding tert-OH is 1. The molecule has 0 bridgehead atoms. The fourth-order valence-corrected chi connectivity index (χ4v) is 7.81. The Morgan fingerprint density at radius 3 is 1.94 bits per heavy atom. The Morgan fingerprint density at radius 2 is 1.31 bits per heavy atom. The Bertz CT molecular complexity index is 2650. The predicted molar refractivity (Wildman–Crippen MR) is 267 cm³/mol. The number of hydrogen-bond donors (Lipinski definition) is 4. The lowest BCUT2D eigenvalue weighted by Gasteiger charge is -2.20. The minimum Gasteiger partial charge on any atom is -0.496 e. The van der Waals surface area contributed by atoms with E-state index in [1.54, 1.807) is 21.1 Å². The third-order valence-corrected chi connectivity index (χ3v) is 11.6. The Labute approximate surface area is 409 Å². The maximum atomic E-state index is 14.6. The van der Waals surface area contributed by atoms with Crippen molar-refractivity contribution in [3.8, 4) is 56.8 Å². The molecule has 0 fully saturated rings. The van der Waals surface area contributed by atoms with Gasteiger partial charge in [0.05, 0.1) is 32.3 Å². The minimum atomic E-state index is -1.14. The van der Waals surface area contributed by atoms with Crippen LogP contribution in [-0.2, 0) is 35.9 Å². The van der Waals surface area contributed by atoms with Crippen LogP contribution in [0.5, 0.6) is 34.5 Å². The number of carboxylic acid groups (broad SMARTS) is 1. The van der Waals surface area contributed by atoms with Gasteiger partial charge in [-0.3, -0.25) is 4.79 Å². The molecule has 0 aromatic heterocycles. The van der Waals surface area contributed by atoms with E-state index in [0.717, 1.165) is 58.5 Å². The van der Waals surface area contributed by atoms with Crippen molar-refractivity contribution in [1.29, 1.82) is 0 Å². The molecule has 14 heteroatoms. The first-order valence-corrected chi connectivity index (χ1v) is 22.8. The lowest BCUT2D eigenvalue weighted by atomic mass is 9.96. The Hall–Kier alpha value is -7.00. The second-order valence-electron chi connectivity index (χ2n) is 16.5. The zero-order valence-electron chi connectivity index (χ0n) is 39.7. The predicted octanol–water partition coefficient (Wildman–Crippen LogP) is 10.6. The number of nitrogens with one attached hydrogen (secondary N) is 2. The van der Waals surface area contributed by atoms with Gasteiger partial charge >= 0.3 is 5.97 Å². The molecule has 6 aromatic rings. The van der Waals surface area contributed by atoms with Gasteiger partial charge in [-0.15, -0.1) is 0 Å². The van der Waals surface area contributed by atoms with Crippen molar-refractivity contribution in [3.63, 3.8) is 0 Å². The van der Waals surface area contributed by atoms with Crippen molar-refractivity contribution < 1.29 is 57.0 Å². The standard InChI is InChI=1S/C28H33NO4.C27H27F2NO6.CH4/c1-20(30)10-9-15-29-18-26-27(31-3)16-24(17-28(26)32-4)33-19-23-13-8-14-25(21(23)2)22-11-6-5-7-12-22;1-16-18(3-2-4-21(16)17-5-6-24-26(10-17)35-8-7-34-24)15-36-25-12-22(28)19(9-23(25)29)13-30-14-20(31)11-27(32)33;/h5-8,11-14,16-17,29H,9-10,15,18-19H2,1-4H3;2-6,9-10,12,20,30-31H,7-8,11,13-15H2,1H3,(H,32,33);1H4/t;20-;/m.0./s1. The highest BCUT2D eigenvalue weighted by Crippen LogP contribution is 2.37. The Morgan fingerprint density at radius 1 is 0.686 bits per heavy atom. The summed E-state index contributed by atoms with van der Waals surface area (Å²) in [5.74, 6) is 0.940. The van der Waals surface area contributed by atoms with Crippen LogP contribution in [0.1, 0.15) is 67.0 Å². The number of ether oxygens (including phenoxy) is 6. The normalized spacial score (nSPS) is 11.9. The number of carboxylic acids is 1. The summed E-state index contributed by atoms with van der Waals surface area (Å²) in [5.41, 5.74) is 9.37. The molecule has 0 saturated heterocycles. The summed E-state index contributed by atoms with van der Waals surface area (Å²) in [6.07, 6.45) is -0.174. The Balaban J connectivity index is 0.000000258. The quantitative estimate of drug-likeness (QED) is 0.0479. The van der Waals surface area contributed by atoms with Gasteiger partial charge in [0.15, 0.2) is 23.1 Å². The number of rotatable bonds is 22. The molecular formula is C56H64F2N2O10. The van der Waals surface area contributed by atoms with Gasteiger partial charge in [-0.05, 0) is 96.4 Å². The molecule has 0 spiro atoms. The Kier molecular flexibility index (Phi) is 20.6. The lowest BCUT2D eigenvalue weighted by Crippen LogP contribution is -2.28. The van der Waals surface area contributed by atoms with E-state index in [1.807, 2.05) is 61.5 Å². The van der Waals surface area contributed by atoms with Gasteiger partial charge in [0.2, 0.25) is 0 Å². The molecule has 7 rings (SSSR count). The van der Waals surface area contributed by atoms with Crippen molar-refractivity contribution >= 4 is 11.8 Å². The van der Waals surface area contributed by atoms with Crippen LogP contribution in [0.25, 0.3) is 22.3 Å². The monoisotopic (exact) mass is 962 g/mol. The van der Waals surface area contributed by atoms with Gasteiger partial charge in [-0.2, -0.15) is 0 Å². The van der Waals surface area contributed by atoms with E-state index in [0.29, 0.717) is 61.5 Å². The molecule has 1 aliphatic rings. The fourth-order valence-electron chi connectivity index (χ4n) is 7.81. The SMILES string of the molecule is C.COc1cc(OCc2cccc(-c3ccccc3)c2C)cc(OC)c1CNCCCC(C)=O.Cc1c(COc2cc(F)c(CNC[C@@H](O)CC(=O)O)cc2F)cccc1-c1ccc2c(c1)OCCO2. The highest BCUT2D eigenvalue weighted by Gasteiger charge is 2.18. The molecule has 0 saturated carbocycles. The summed E-state index contributed by atoms with van der Waals surface area (Å²) in [4.78, 5) is 21.7. The molecule has 0 aliphatic carbocycles. The maximum absolute atomic E-state index is 14.6. The van der Waals surface area contributed by atoms with Crippen molar-refractivity contribution in [3.05, 3.63) is 154 Å². The van der Waals surface area contributed by atoms with E-state index in [2.05, 4.69) is 60.0 Å². The number of aliphatic hydroxyl groups is 1. The molecule has 1 atom stereocenters. The zero-order chi connectivity index (χ0) is 49.3. The summed E-state index contributed by atoms with van der Waals surface area (Å²) >= 11 is 0. The third-order valence-electron chi connectivity index (χ3n) is 11.6. The van der Waals surface area contributed by atoms with E-state index in [1.165, 1.54) is 16.7 Å². The number of carbonyl (C=O) groups is 2. The van der Waals surface area contributed by atoms with Crippen LogP contribution >= 0.6 is 0 Å². The molecule has 4 N–H and O–H groups in total. The summed E-state index contributed by atoms with van der Waals surface area (Å²) in [6.45, 7) is 8.38. The van der Waals surface area contributed by atoms with Gasteiger partial charge in [0, 0.05) is 49.8 Å². The second-order valence-corrected chi connectivity index (χ2v) is 16.5. The minimum absolute atomic E-state index is 0. The molecule has 6 aromatic carbocycles. The van der Waals surface area contributed by atoms with E-state index < -0.39 is 30.1 Å². The first-order valence-electron chi connectivity index (χ1n) is 22.8. The molecule has 0 unspecified atom stereocenters. The number of ketones is 1. The maximum Gasteiger partial charge on any atom is 0.306 e. The van der Waals surface area contributed by atoms with Crippen LogP contribution < -0.4 is 39.1 Å². The molecule has 0 radical (unpaired) electrons. The summed E-state index contributed by atoms with van der Waals surface area (Å²) in [7, 11) is 3.29. The summed E-state index contributed by atoms with van der Waals surface area (Å²) in [5, 5.41) is 24.3. The van der Waals surface area contributed by atoms with Gasteiger partial charge in [-0.1, -0.05) is 80.2 Å². The molecule has 1 heterocycles. The first kappa shape index (κ1) is 53.9. The smallest absolute Gasteiger partial charge is 0.306 e. The average molecular weight is 963 g/mol. The van der Waals surface area contributed by atoms with Crippen LogP contribution in [0.4, 0.5) is 8.78 Å². The average Bonchev–Trinajstić information content (AvgIpc) is 3.34. The first-order chi connectivity index (χ1) is 33.3. The number of hydrogen-bond acceptors (Lipinski definition) is 11. The molecule has 372 valence electrons. The molecule has 0 amide bonds. The third kappa shape index (κ3) is 15.0. The van der Waals surface area contributed by atoms with E-state index >= 15 is 0 Å². The molecule has 70 heavy (non-hydrogen) atoms. The van der Waals surface area contributed by atoms with Crippen molar-refractivity contribution in [1.82, 2.24) is 10.6 Å². The number of methoxy groups -OCH3 is 2. The number of fused-ring (bicyclic) bond motifs is 1. The van der Waals surface area contributed by atoms with Crippen LogP contribution in [-0.4, -0.2) is 68.6 Å². The molecular weight excluding hydrogens is 899 g/mol. The van der Waals surface area contributed by atoms with Crippen LogP contribution in [0.15, 0.2) is 109 Å². The number of halogens is 2. The fraction of sp³-hybridized carbons (Fsp3) is 0.321. The zero-order valence-corrected chi connectivity index (χ0v) is 39.7. The van der Waals surface area contributed by atoms with Crippen molar-refractivity contribution in [2.75, 3.05) is 40.5 Å². The van der Waals surface area contributed by atoms with Gasteiger partial charge in [0.1, 0.15) is 55.3 Å². The van der Waals surface area contributed by atoms with Gasteiger partial charge < -0.3 is 54.1 Å². The summed E-state index contributed by atoms with van der Waals surface area (Å²) in [6, 6.07) is 33.9. The molecule has 12 nitrogen and oxygen atoms in total. The highest BCUT2D eigenvalue weighted by molar-refractivity contribution is 5.75. The molecule has 1 aliphatic heterocycles. The highest BCUT2D eigenvalue weighted by atomic mass is 19.1. The van der Waals surface area contributed by atoms with E-state index in [9.17, 15) is 23.5 Å². The van der Waals surface area contributed by atoms with Crippen LogP contribution in [0.3, 0.4) is 0 Å². The topological polar surface area (TPSA) is 154 Å². The van der Waals surface area contributed by atoms with Gasteiger partial charge in [-0.25, -0.2) is 8.78 Å². The van der Waals surface area contributed by atoms with Crippen LogP contribution in [0.2, 0.25) is 0 Å². The van der Waals surface area contributed by atoms with Crippen LogP contribution in [0, 0.1) is 25.5 Å². The van der Waals surface area contributed by atoms with Crippen molar-refractivity contribution in [2.45, 2.75) is 79.9 Å². The van der Waals surface area contributed by atoms with Gasteiger partial charge in [0.25, 0.3) is 0 Å². The number of benzene rings is 6. The lowest BCUT2D eigenvalue weighted by molar-refractivity contribution is -0.139. The van der Waals surface area contributed by atoms with E-state index in [-0.39, 0.29) is 44.2 Å². The largest absolute Gasteiger partial charge is 0.496 e. The number of carbonyl (C=O) groups excluding carboxylic acids is 1. The van der Waals surface area contributed by atoms with Crippen molar-refractivity contribution in [2.24, 2.45) is 0 Å². The number of aliphatic carboxylic acids is 1. The second kappa shape index (κ2) is 26.7. The summed E-state index contributed by atoms with van der Waals surface area (Å²) < 4.78 is 63.4. The van der Waals surface area contributed by atoms with E-state index in [4.69, 9.17) is 33.5 Å².